The molecule has 0 saturated heterocycles. The highest BCUT2D eigenvalue weighted by atomic mass is 32.2. The fourth-order valence-electron chi connectivity index (χ4n) is 2.31. The molecule has 114 valence electrons. The fraction of sp³-hybridized carbons (Fsp3) is 0.125. The topological polar surface area (TPSA) is 53.8 Å². The van der Waals surface area contributed by atoms with Gasteiger partial charge in [0.15, 0.2) is 0 Å². The van der Waals surface area contributed by atoms with Crippen LogP contribution in [0, 0.1) is 11.6 Å². The van der Waals surface area contributed by atoms with Crippen LogP contribution in [-0.2, 0) is 0 Å². The van der Waals surface area contributed by atoms with Gasteiger partial charge in [-0.25, -0.2) is 8.78 Å². The molecule has 0 fully saturated rings. The zero-order valence-corrected chi connectivity index (χ0v) is 12.5. The van der Waals surface area contributed by atoms with Crippen LogP contribution in [0.15, 0.2) is 47.5 Å². The zero-order valence-electron chi connectivity index (χ0n) is 11.7. The SMILES string of the molecule is NCCNSc1cc(F)cc(-c2c[nH]c3cc(F)ccc23)c1. The molecule has 6 heteroatoms. The maximum atomic E-state index is 13.9. The average Bonchev–Trinajstić information content (AvgIpc) is 2.90. The Morgan fingerprint density at radius 1 is 1.09 bits per heavy atom. The van der Waals surface area contributed by atoms with E-state index in [0.29, 0.717) is 18.6 Å². The highest BCUT2D eigenvalue weighted by Gasteiger charge is 2.09. The molecular formula is C16H15F2N3S. The minimum Gasteiger partial charge on any atom is -0.360 e. The molecule has 0 spiro atoms. The van der Waals surface area contributed by atoms with E-state index in [0.717, 1.165) is 21.4 Å². The first kappa shape index (κ1) is 15.0. The summed E-state index contributed by atoms with van der Waals surface area (Å²) in [6.07, 6.45) is 1.76. The van der Waals surface area contributed by atoms with Crippen molar-refractivity contribution in [3.8, 4) is 11.1 Å². The van der Waals surface area contributed by atoms with Gasteiger partial charge in [0.05, 0.1) is 0 Å². The Labute approximate surface area is 131 Å². The van der Waals surface area contributed by atoms with Crippen LogP contribution in [-0.4, -0.2) is 18.1 Å². The molecule has 0 atom stereocenters. The molecule has 1 aromatic heterocycles. The van der Waals surface area contributed by atoms with Crippen molar-refractivity contribution in [2.24, 2.45) is 5.73 Å². The van der Waals surface area contributed by atoms with Gasteiger partial charge in [0, 0.05) is 40.6 Å². The Hall–Kier alpha value is -1.89. The summed E-state index contributed by atoms with van der Waals surface area (Å²) in [4.78, 5) is 3.78. The number of rotatable bonds is 5. The number of nitrogens with one attached hydrogen (secondary N) is 2. The number of halogens is 2. The van der Waals surface area contributed by atoms with Gasteiger partial charge in [-0.05, 0) is 53.9 Å². The molecule has 0 bridgehead atoms. The Balaban J connectivity index is 1.99. The molecule has 3 nitrogen and oxygen atoms in total. The van der Waals surface area contributed by atoms with Crippen LogP contribution in [0.2, 0.25) is 0 Å². The molecule has 0 unspecified atom stereocenters. The lowest BCUT2D eigenvalue weighted by molar-refractivity contribution is 0.624. The maximum absolute atomic E-state index is 13.9. The number of nitrogens with two attached hydrogens (primary N) is 1. The molecule has 0 aliphatic carbocycles. The van der Waals surface area contributed by atoms with Gasteiger partial charge in [0.25, 0.3) is 0 Å². The van der Waals surface area contributed by atoms with Crippen LogP contribution in [0.1, 0.15) is 0 Å². The summed E-state index contributed by atoms with van der Waals surface area (Å²) in [6, 6.07) is 9.35. The average molecular weight is 319 g/mol. The van der Waals surface area contributed by atoms with E-state index >= 15 is 0 Å². The van der Waals surface area contributed by atoms with Crippen molar-refractivity contribution in [1.82, 2.24) is 9.71 Å². The fourth-order valence-corrected chi connectivity index (χ4v) is 3.05. The van der Waals surface area contributed by atoms with Crippen molar-refractivity contribution in [2.45, 2.75) is 4.90 Å². The Morgan fingerprint density at radius 2 is 1.95 bits per heavy atom. The van der Waals surface area contributed by atoms with E-state index in [2.05, 4.69) is 9.71 Å². The second kappa shape index (κ2) is 6.48. The number of aromatic amines is 1. The molecular weight excluding hydrogens is 304 g/mol. The Bertz CT molecular complexity index is 801. The lowest BCUT2D eigenvalue weighted by Gasteiger charge is -2.06. The third-order valence-electron chi connectivity index (χ3n) is 3.26. The summed E-state index contributed by atoms with van der Waals surface area (Å²) in [5.74, 6) is -0.617. The maximum Gasteiger partial charge on any atom is 0.125 e. The Morgan fingerprint density at radius 3 is 2.77 bits per heavy atom. The summed E-state index contributed by atoms with van der Waals surface area (Å²) in [5.41, 5.74) is 7.70. The second-order valence-corrected chi connectivity index (χ2v) is 5.82. The molecule has 3 rings (SSSR count). The van der Waals surface area contributed by atoms with E-state index in [1.165, 1.54) is 36.2 Å². The van der Waals surface area contributed by atoms with Crippen molar-refractivity contribution in [3.05, 3.63) is 54.2 Å². The number of fused-ring (bicyclic) bond motifs is 1. The van der Waals surface area contributed by atoms with E-state index in [9.17, 15) is 8.78 Å². The molecule has 0 amide bonds. The van der Waals surface area contributed by atoms with Crippen molar-refractivity contribution >= 4 is 22.9 Å². The van der Waals surface area contributed by atoms with Gasteiger partial charge in [-0.1, -0.05) is 0 Å². The van der Waals surface area contributed by atoms with Gasteiger partial charge >= 0.3 is 0 Å². The highest BCUT2D eigenvalue weighted by molar-refractivity contribution is 7.97. The molecule has 2 aromatic carbocycles. The van der Waals surface area contributed by atoms with E-state index in [-0.39, 0.29) is 11.6 Å². The molecule has 0 aliphatic heterocycles. The molecule has 22 heavy (non-hydrogen) atoms. The van der Waals surface area contributed by atoms with Crippen LogP contribution in [0.4, 0.5) is 8.78 Å². The molecule has 0 radical (unpaired) electrons. The van der Waals surface area contributed by atoms with Gasteiger partial charge in [0.1, 0.15) is 11.6 Å². The third kappa shape index (κ3) is 3.14. The van der Waals surface area contributed by atoms with Crippen molar-refractivity contribution in [3.63, 3.8) is 0 Å². The largest absolute Gasteiger partial charge is 0.360 e. The predicted octanol–water partition coefficient (Wildman–Crippen LogP) is 3.67. The standard InChI is InChI=1S/C16H15F2N3S/c17-11-1-2-14-15(9-20-16(14)8-11)10-5-12(18)7-13(6-10)22-21-4-3-19/h1-2,5-9,20-21H,3-4,19H2. The van der Waals surface area contributed by atoms with E-state index in [1.54, 1.807) is 12.3 Å². The Kier molecular flexibility index (Phi) is 4.42. The smallest absolute Gasteiger partial charge is 0.125 e. The van der Waals surface area contributed by atoms with E-state index in [4.69, 9.17) is 5.73 Å². The van der Waals surface area contributed by atoms with Crippen LogP contribution in [0.3, 0.4) is 0 Å². The van der Waals surface area contributed by atoms with Gasteiger partial charge in [-0.15, -0.1) is 0 Å². The first-order valence-corrected chi connectivity index (χ1v) is 7.66. The second-order valence-electron chi connectivity index (χ2n) is 4.85. The molecule has 0 saturated carbocycles. The van der Waals surface area contributed by atoms with Crippen LogP contribution in [0.5, 0.6) is 0 Å². The highest BCUT2D eigenvalue weighted by Crippen LogP contribution is 2.31. The van der Waals surface area contributed by atoms with Crippen molar-refractivity contribution in [2.75, 3.05) is 13.1 Å². The number of hydrogen-bond acceptors (Lipinski definition) is 3. The number of aromatic nitrogens is 1. The lowest BCUT2D eigenvalue weighted by atomic mass is 10.0. The van der Waals surface area contributed by atoms with Gasteiger partial charge < -0.3 is 10.7 Å². The molecule has 1 heterocycles. The quantitative estimate of drug-likeness (QED) is 0.497. The predicted molar refractivity (Wildman–Crippen MR) is 86.6 cm³/mol. The summed E-state index contributed by atoms with van der Waals surface area (Å²) >= 11 is 1.34. The monoisotopic (exact) mass is 319 g/mol. The summed E-state index contributed by atoms with van der Waals surface area (Å²) in [6.45, 7) is 1.16. The minimum absolute atomic E-state index is 0.303. The van der Waals surface area contributed by atoms with Crippen LogP contribution in [0.25, 0.3) is 22.0 Å². The number of benzene rings is 2. The normalized spacial score (nSPS) is 11.2. The minimum atomic E-state index is -0.314. The number of H-pyrrole nitrogens is 1. The van der Waals surface area contributed by atoms with Gasteiger partial charge in [0.2, 0.25) is 0 Å². The molecule has 4 N–H and O–H groups in total. The summed E-state index contributed by atoms with van der Waals surface area (Å²) < 4.78 is 30.2. The number of hydrogen-bond donors (Lipinski definition) is 3. The third-order valence-corrected chi connectivity index (χ3v) is 4.08. The summed E-state index contributed by atoms with van der Waals surface area (Å²) in [7, 11) is 0. The zero-order chi connectivity index (χ0) is 15.5. The van der Waals surface area contributed by atoms with Gasteiger partial charge in [-0.3, -0.25) is 4.72 Å². The summed E-state index contributed by atoms with van der Waals surface area (Å²) in [5, 5.41) is 0.859. The molecule has 0 aliphatic rings. The van der Waals surface area contributed by atoms with Gasteiger partial charge in [-0.2, -0.15) is 0 Å². The lowest BCUT2D eigenvalue weighted by Crippen LogP contribution is -2.15. The van der Waals surface area contributed by atoms with E-state index in [1.807, 2.05) is 6.07 Å². The van der Waals surface area contributed by atoms with Crippen LogP contribution < -0.4 is 10.5 Å². The van der Waals surface area contributed by atoms with Crippen molar-refractivity contribution in [1.29, 1.82) is 0 Å². The molecule has 3 aromatic rings. The first-order valence-electron chi connectivity index (χ1n) is 6.85. The van der Waals surface area contributed by atoms with E-state index < -0.39 is 0 Å². The first-order chi connectivity index (χ1) is 10.7. The van der Waals surface area contributed by atoms with Crippen LogP contribution >= 0.6 is 11.9 Å². The van der Waals surface area contributed by atoms with Crippen molar-refractivity contribution < 1.29 is 8.78 Å².